The Labute approximate surface area is 114 Å². The summed E-state index contributed by atoms with van der Waals surface area (Å²) in [5, 5.41) is 7.49. The molecule has 0 unspecified atom stereocenters. The molecule has 1 aromatic carbocycles. The zero-order valence-electron chi connectivity index (χ0n) is 10.3. The molecule has 2 aromatic rings. The van der Waals surface area contributed by atoms with E-state index < -0.39 is 0 Å². The summed E-state index contributed by atoms with van der Waals surface area (Å²) in [5.41, 5.74) is 1.22. The van der Waals surface area contributed by atoms with Gasteiger partial charge >= 0.3 is 0 Å². The summed E-state index contributed by atoms with van der Waals surface area (Å²) < 4.78 is 0. The van der Waals surface area contributed by atoms with Gasteiger partial charge in [-0.25, -0.2) is 4.98 Å². The quantitative estimate of drug-likeness (QED) is 0.892. The fourth-order valence-corrected chi connectivity index (χ4v) is 2.16. The monoisotopic (exact) mass is 275 g/mol. The molecule has 6 heteroatoms. The fourth-order valence-electron chi connectivity index (χ4n) is 1.46. The van der Waals surface area contributed by atoms with Crippen molar-refractivity contribution in [3.8, 4) is 0 Å². The molecule has 0 aliphatic rings. The Hall–Kier alpha value is -2.21. The van der Waals surface area contributed by atoms with E-state index in [0.29, 0.717) is 16.4 Å². The molecule has 2 rings (SSSR count). The average Bonchev–Trinajstić information content (AvgIpc) is 2.86. The van der Waals surface area contributed by atoms with Crippen molar-refractivity contribution in [1.29, 1.82) is 0 Å². The van der Waals surface area contributed by atoms with Crippen LogP contribution in [0, 0.1) is 0 Å². The first-order chi connectivity index (χ1) is 9.19. The number of nitrogens with one attached hydrogen (secondary N) is 2. The smallest absolute Gasteiger partial charge is 0.257 e. The van der Waals surface area contributed by atoms with Gasteiger partial charge in [0, 0.05) is 18.0 Å². The van der Waals surface area contributed by atoms with Crippen molar-refractivity contribution in [2.45, 2.75) is 6.42 Å². The van der Waals surface area contributed by atoms with Crippen molar-refractivity contribution < 1.29 is 9.59 Å². The van der Waals surface area contributed by atoms with Crippen LogP contribution < -0.4 is 10.6 Å². The molecule has 0 saturated heterocycles. The summed E-state index contributed by atoms with van der Waals surface area (Å²) >= 11 is 1.30. The van der Waals surface area contributed by atoms with Crippen LogP contribution in [0.5, 0.6) is 0 Å². The molecule has 0 bridgehead atoms. The molecule has 0 spiro atoms. The number of thiazole rings is 1. The van der Waals surface area contributed by atoms with Crippen molar-refractivity contribution in [2.24, 2.45) is 0 Å². The summed E-state index contributed by atoms with van der Waals surface area (Å²) in [6.45, 7) is 0. The van der Waals surface area contributed by atoms with Gasteiger partial charge in [-0.3, -0.25) is 14.9 Å². The Morgan fingerprint density at radius 3 is 2.68 bits per heavy atom. The molecule has 98 valence electrons. The van der Waals surface area contributed by atoms with Gasteiger partial charge in [0.1, 0.15) is 0 Å². The van der Waals surface area contributed by atoms with E-state index in [9.17, 15) is 9.59 Å². The maximum atomic E-state index is 11.9. The molecule has 0 fully saturated rings. The number of anilines is 1. The van der Waals surface area contributed by atoms with Crippen LogP contribution in [0.15, 0.2) is 35.7 Å². The van der Waals surface area contributed by atoms with E-state index in [1.807, 2.05) is 6.07 Å². The Balaban J connectivity index is 2.00. The summed E-state index contributed by atoms with van der Waals surface area (Å²) in [6, 6.07) is 8.91. The van der Waals surface area contributed by atoms with Gasteiger partial charge < -0.3 is 5.32 Å². The predicted molar refractivity (Wildman–Crippen MR) is 74.3 cm³/mol. The number of benzene rings is 1. The molecular formula is C13H13N3O2S. The van der Waals surface area contributed by atoms with Gasteiger partial charge in [-0.05, 0) is 12.1 Å². The van der Waals surface area contributed by atoms with Crippen molar-refractivity contribution in [3.63, 3.8) is 0 Å². The molecule has 5 nitrogen and oxygen atoms in total. The van der Waals surface area contributed by atoms with E-state index >= 15 is 0 Å². The maximum absolute atomic E-state index is 11.9. The van der Waals surface area contributed by atoms with Crippen molar-refractivity contribution in [1.82, 2.24) is 10.3 Å². The van der Waals surface area contributed by atoms with E-state index in [1.165, 1.54) is 11.3 Å². The van der Waals surface area contributed by atoms with Crippen molar-refractivity contribution in [2.75, 3.05) is 12.4 Å². The minimum atomic E-state index is -0.207. The standard InChI is InChI=1S/C13H13N3O2S/c1-14-11(17)7-10-8-19-13(15-10)16-12(18)9-5-3-2-4-6-9/h2-6,8H,7H2,1H3,(H,14,17)(H,15,16,18). The highest BCUT2D eigenvalue weighted by atomic mass is 32.1. The third kappa shape index (κ3) is 3.62. The van der Waals surface area contributed by atoms with E-state index in [4.69, 9.17) is 0 Å². The number of hydrogen-bond acceptors (Lipinski definition) is 4. The van der Waals surface area contributed by atoms with Crippen LogP contribution in [0.3, 0.4) is 0 Å². The van der Waals surface area contributed by atoms with Gasteiger partial charge in [-0.2, -0.15) is 0 Å². The molecule has 2 amide bonds. The molecule has 0 aliphatic carbocycles. The number of rotatable bonds is 4. The second-order valence-corrected chi connectivity index (χ2v) is 4.67. The second-order valence-electron chi connectivity index (χ2n) is 3.81. The second kappa shape index (κ2) is 6.10. The average molecular weight is 275 g/mol. The van der Waals surface area contributed by atoms with Crippen molar-refractivity contribution >= 4 is 28.3 Å². The number of carbonyl (C=O) groups excluding carboxylic acids is 2. The lowest BCUT2D eigenvalue weighted by Gasteiger charge is -2.00. The number of likely N-dealkylation sites (N-methyl/N-ethyl adjacent to an activating group) is 1. The van der Waals surface area contributed by atoms with E-state index in [2.05, 4.69) is 15.6 Å². The highest BCUT2D eigenvalue weighted by Crippen LogP contribution is 2.16. The van der Waals surface area contributed by atoms with Gasteiger partial charge in [0.2, 0.25) is 5.91 Å². The number of hydrogen-bond donors (Lipinski definition) is 2. The van der Waals surface area contributed by atoms with Gasteiger partial charge in [0.05, 0.1) is 12.1 Å². The van der Waals surface area contributed by atoms with E-state index in [1.54, 1.807) is 36.7 Å². The summed E-state index contributed by atoms with van der Waals surface area (Å²) in [7, 11) is 1.58. The lowest BCUT2D eigenvalue weighted by atomic mass is 10.2. The number of amides is 2. The van der Waals surface area contributed by atoms with Gasteiger partial charge in [0.15, 0.2) is 5.13 Å². The Morgan fingerprint density at radius 1 is 1.26 bits per heavy atom. The maximum Gasteiger partial charge on any atom is 0.257 e. The van der Waals surface area contributed by atoms with Crippen LogP contribution in [0.25, 0.3) is 0 Å². The van der Waals surface area contributed by atoms with E-state index in [0.717, 1.165) is 0 Å². The molecule has 19 heavy (non-hydrogen) atoms. The summed E-state index contributed by atoms with van der Waals surface area (Å²) in [6.07, 6.45) is 0.216. The lowest BCUT2D eigenvalue weighted by molar-refractivity contribution is -0.120. The van der Waals surface area contributed by atoms with Crippen LogP contribution in [0.4, 0.5) is 5.13 Å². The zero-order chi connectivity index (χ0) is 13.7. The molecule has 0 saturated carbocycles. The zero-order valence-corrected chi connectivity index (χ0v) is 11.2. The minimum absolute atomic E-state index is 0.105. The molecular weight excluding hydrogens is 262 g/mol. The SMILES string of the molecule is CNC(=O)Cc1csc(NC(=O)c2ccccc2)n1. The van der Waals surface area contributed by atoms with Crippen molar-refractivity contribution in [3.05, 3.63) is 47.0 Å². The van der Waals surface area contributed by atoms with Crippen LogP contribution in [-0.2, 0) is 11.2 Å². The first kappa shape index (κ1) is 13.2. The lowest BCUT2D eigenvalue weighted by Crippen LogP contribution is -2.20. The molecule has 0 atom stereocenters. The normalized spacial score (nSPS) is 9.95. The number of nitrogens with zero attached hydrogens (tertiary/aromatic N) is 1. The van der Waals surface area contributed by atoms with Crippen LogP contribution in [0.2, 0.25) is 0 Å². The predicted octanol–water partition coefficient (Wildman–Crippen LogP) is 1.68. The molecule has 1 heterocycles. The van der Waals surface area contributed by atoms with Crippen LogP contribution in [-0.4, -0.2) is 23.8 Å². The largest absolute Gasteiger partial charge is 0.359 e. The Bertz CT molecular complexity index is 581. The molecule has 0 radical (unpaired) electrons. The number of carbonyl (C=O) groups is 2. The topological polar surface area (TPSA) is 71.1 Å². The molecule has 0 aliphatic heterocycles. The minimum Gasteiger partial charge on any atom is -0.359 e. The Kier molecular flexibility index (Phi) is 4.25. The van der Waals surface area contributed by atoms with E-state index in [-0.39, 0.29) is 18.2 Å². The van der Waals surface area contributed by atoms with Gasteiger partial charge in [-0.1, -0.05) is 18.2 Å². The molecule has 1 aromatic heterocycles. The summed E-state index contributed by atoms with van der Waals surface area (Å²) in [5.74, 6) is -0.312. The third-order valence-electron chi connectivity index (χ3n) is 2.43. The molecule has 2 N–H and O–H groups in total. The van der Waals surface area contributed by atoms with Gasteiger partial charge in [-0.15, -0.1) is 11.3 Å². The first-order valence-electron chi connectivity index (χ1n) is 5.70. The number of aromatic nitrogens is 1. The van der Waals surface area contributed by atoms with Crippen LogP contribution >= 0.6 is 11.3 Å². The first-order valence-corrected chi connectivity index (χ1v) is 6.58. The summed E-state index contributed by atoms with van der Waals surface area (Å²) in [4.78, 5) is 27.3. The van der Waals surface area contributed by atoms with Crippen LogP contribution in [0.1, 0.15) is 16.1 Å². The Morgan fingerprint density at radius 2 is 2.00 bits per heavy atom. The van der Waals surface area contributed by atoms with Gasteiger partial charge in [0.25, 0.3) is 5.91 Å². The third-order valence-corrected chi connectivity index (χ3v) is 3.24. The fraction of sp³-hybridized carbons (Fsp3) is 0.154. The highest BCUT2D eigenvalue weighted by Gasteiger charge is 2.10. The highest BCUT2D eigenvalue weighted by molar-refractivity contribution is 7.14.